The van der Waals surface area contributed by atoms with Gasteiger partial charge in [0.2, 0.25) is 0 Å². The van der Waals surface area contributed by atoms with Gasteiger partial charge < -0.3 is 5.32 Å². The first-order chi connectivity index (χ1) is 10.1. The molecule has 1 heterocycles. The van der Waals surface area contributed by atoms with Gasteiger partial charge in [0.15, 0.2) is 0 Å². The van der Waals surface area contributed by atoms with Crippen molar-refractivity contribution in [2.45, 2.75) is 45.6 Å². The maximum absolute atomic E-state index is 4.38. The van der Waals surface area contributed by atoms with E-state index in [1.54, 1.807) is 0 Å². The van der Waals surface area contributed by atoms with Crippen LogP contribution in [-0.4, -0.2) is 11.5 Å². The third-order valence-electron chi connectivity index (χ3n) is 4.07. The molecule has 21 heavy (non-hydrogen) atoms. The maximum atomic E-state index is 4.38. The molecule has 0 bridgehead atoms. The Hall–Kier alpha value is -1.67. The van der Waals surface area contributed by atoms with Crippen LogP contribution in [0.2, 0.25) is 0 Å². The van der Waals surface area contributed by atoms with Crippen LogP contribution in [0.25, 0.3) is 0 Å². The van der Waals surface area contributed by atoms with Crippen molar-refractivity contribution in [1.82, 2.24) is 10.3 Å². The molecule has 0 aliphatic rings. The van der Waals surface area contributed by atoms with E-state index < -0.39 is 0 Å². The van der Waals surface area contributed by atoms with E-state index in [-0.39, 0.29) is 11.5 Å². The second-order valence-corrected chi connectivity index (χ2v) is 6.27. The summed E-state index contributed by atoms with van der Waals surface area (Å²) in [6.07, 6.45) is 5.03. The molecule has 0 radical (unpaired) electrons. The highest BCUT2D eigenvalue weighted by atomic mass is 14.9. The molecule has 0 spiro atoms. The monoisotopic (exact) mass is 282 g/mol. The minimum Gasteiger partial charge on any atom is -0.309 e. The molecule has 1 aromatic heterocycles. The minimum absolute atomic E-state index is 0.00586. The van der Waals surface area contributed by atoms with Gasteiger partial charge in [-0.3, -0.25) is 4.98 Å². The number of hydrogen-bond donors (Lipinski definition) is 1. The maximum Gasteiger partial charge on any atom is 0.0428 e. The molecular weight excluding hydrogens is 256 g/mol. The van der Waals surface area contributed by atoms with Crippen LogP contribution in [0.3, 0.4) is 0 Å². The molecular formula is C19H26N2. The minimum atomic E-state index is 0.00586. The summed E-state index contributed by atoms with van der Waals surface area (Å²) in [7, 11) is 0. The lowest BCUT2D eigenvalue weighted by Gasteiger charge is -2.36. The molecule has 1 aromatic carbocycles. The molecule has 0 saturated heterocycles. The van der Waals surface area contributed by atoms with Crippen molar-refractivity contribution in [3.05, 3.63) is 65.5 Å². The molecule has 2 aromatic rings. The number of nitrogens with zero attached hydrogens (tertiary/aromatic N) is 1. The zero-order chi connectivity index (χ0) is 15.3. The summed E-state index contributed by atoms with van der Waals surface area (Å²) in [5.41, 5.74) is 3.82. The standard InChI is InChI=1S/C19H26N2/c1-5-11-21-18(16-12-15(2)13-20-14-16)19(3,4)17-9-7-6-8-10-17/h6-10,12-14,18,21H,5,11H2,1-4H3. The molecule has 1 unspecified atom stereocenters. The van der Waals surface area contributed by atoms with E-state index in [2.05, 4.69) is 74.4 Å². The molecule has 0 saturated carbocycles. The van der Waals surface area contributed by atoms with Crippen molar-refractivity contribution in [2.75, 3.05) is 6.54 Å². The number of rotatable bonds is 6. The second-order valence-electron chi connectivity index (χ2n) is 6.27. The van der Waals surface area contributed by atoms with E-state index in [1.165, 1.54) is 16.7 Å². The molecule has 2 rings (SSSR count). The van der Waals surface area contributed by atoms with E-state index in [9.17, 15) is 0 Å². The summed E-state index contributed by atoms with van der Waals surface area (Å²) in [4.78, 5) is 4.38. The highest BCUT2D eigenvalue weighted by molar-refractivity contribution is 5.32. The summed E-state index contributed by atoms with van der Waals surface area (Å²) in [5, 5.41) is 3.71. The lowest BCUT2D eigenvalue weighted by atomic mass is 9.75. The lowest BCUT2D eigenvalue weighted by Crippen LogP contribution is -2.38. The van der Waals surface area contributed by atoms with E-state index in [0.717, 1.165) is 13.0 Å². The van der Waals surface area contributed by atoms with Crippen molar-refractivity contribution in [3.63, 3.8) is 0 Å². The molecule has 1 atom stereocenters. The van der Waals surface area contributed by atoms with Crippen molar-refractivity contribution in [1.29, 1.82) is 0 Å². The van der Waals surface area contributed by atoms with Crippen LogP contribution in [0.15, 0.2) is 48.8 Å². The third-order valence-corrected chi connectivity index (χ3v) is 4.07. The smallest absolute Gasteiger partial charge is 0.0428 e. The summed E-state index contributed by atoms with van der Waals surface area (Å²) in [5.74, 6) is 0. The third kappa shape index (κ3) is 3.70. The van der Waals surface area contributed by atoms with Crippen molar-refractivity contribution in [2.24, 2.45) is 0 Å². The van der Waals surface area contributed by atoms with Gasteiger partial charge in [-0.15, -0.1) is 0 Å². The fraction of sp³-hybridized carbons (Fsp3) is 0.421. The number of aryl methyl sites for hydroxylation is 1. The molecule has 112 valence electrons. The van der Waals surface area contributed by atoms with E-state index in [4.69, 9.17) is 0 Å². The largest absolute Gasteiger partial charge is 0.309 e. The van der Waals surface area contributed by atoms with Gasteiger partial charge in [-0.25, -0.2) is 0 Å². The number of hydrogen-bond acceptors (Lipinski definition) is 2. The van der Waals surface area contributed by atoms with Gasteiger partial charge >= 0.3 is 0 Å². The summed E-state index contributed by atoms with van der Waals surface area (Å²) in [6, 6.07) is 13.2. The Bertz CT molecular complexity index is 561. The van der Waals surface area contributed by atoms with E-state index in [1.807, 2.05) is 12.4 Å². The predicted octanol–water partition coefficient (Wildman–Crippen LogP) is 4.41. The number of aromatic nitrogens is 1. The fourth-order valence-electron chi connectivity index (χ4n) is 2.85. The second kappa shape index (κ2) is 6.86. The first-order valence-corrected chi connectivity index (χ1v) is 7.76. The molecule has 0 amide bonds. The van der Waals surface area contributed by atoms with E-state index in [0.29, 0.717) is 0 Å². The first-order valence-electron chi connectivity index (χ1n) is 7.76. The van der Waals surface area contributed by atoms with Crippen LogP contribution < -0.4 is 5.32 Å². The number of pyridine rings is 1. The Morgan fingerprint density at radius 1 is 1.14 bits per heavy atom. The summed E-state index contributed by atoms with van der Waals surface area (Å²) >= 11 is 0. The highest BCUT2D eigenvalue weighted by Gasteiger charge is 2.32. The summed E-state index contributed by atoms with van der Waals surface area (Å²) < 4.78 is 0. The van der Waals surface area contributed by atoms with Crippen LogP contribution in [0.5, 0.6) is 0 Å². The Labute approximate surface area is 128 Å². The Morgan fingerprint density at radius 2 is 1.86 bits per heavy atom. The Kier molecular flexibility index (Phi) is 5.13. The van der Waals surface area contributed by atoms with Gasteiger partial charge in [0.05, 0.1) is 0 Å². The van der Waals surface area contributed by atoms with Gasteiger partial charge in [-0.1, -0.05) is 57.2 Å². The van der Waals surface area contributed by atoms with Crippen molar-refractivity contribution >= 4 is 0 Å². The van der Waals surface area contributed by atoms with Gasteiger partial charge in [-0.05, 0) is 36.6 Å². The van der Waals surface area contributed by atoms with Crippen molar-refractivity contribution in [3.8, 4) is 0 Å². The summed E-state index contributed by atoms with van der Waals surface area (Å²) in [6.45, 7) is 9.92. The van der Waals surface area contributed by atoms with Crippen molar-refractivity contribution < 1.29 is 0 Å². The topological polar surface area (TPSA) is 24.9 Å². The molecule has 0 aliphatic carbocycles. The van der Waals surface area contributed by atoms with E-state index >= 15 is 0 Å². The van der Waals surface area contributed by atoms with Crippen LogP contribution in [0, 0.1) is 6.92 Å². The zero-order valence-electron chi connectivity index (χ0n) is 13.6. The van der Waals surface area contributed by atoms with Gasteiger partial charge in [-0.2, -0.15) is 0 Å². The zero-order valence-corrected chi connectivity index (χ0v) is 13.6. The quantitative estimate of drug-likeness (QED) is 0.849. The van der Waals surface area contributed by atoms with Gasteiger partial charge in [0.1, 0.15) is 0 Å². The Morgan fingerprint density at radius 3 is 2.48 bits per heavy atom. The van der Waals surface area contributed by atoms with Crippen LogP contribution in [0.4, 0.5) is 0 Å². The molecule has 1 N–H and O–H groups in total. The number of benzene rings is 1. The molecule has 0 aliphatic heterocycles. The average molecular weight is 282 g/mol. The normalized spacial score (nSPS) is 13.1. The first kappa shape index (κ1) is 15.7. The van der Waals surface area contributed by atoms with Gasteiger partial charge in [0.25, 0.3) is 0 Å². The Balaban J connectivity index is 2.39. The van der Waals surface area contributed by atoms with Crippen LogP contribution >= 0.6 is 0 Å². The predicted molar refractivity (Wildman–Crippen MR) is 89.5 cm³/mol. The molecule has 2 heteroatoms. The molecule has 0 fully saturated rings. The van der Waals surface area contributed by atoms with Crippen LogP contribution in [0.1, 0.15) is 49.9 Å². The molecule has 2 nitrogen and oxygen atoms in total. The highest BCUT2D eigenvalue weighted by Crippen LogP contribution is 2.36. The lowest BCUT2D eigenvalue weighted by molar-refractivity contribution is 0.347. The average Bonchev–Trinajstić information content (AvgIpc) is 2.48. The van der Waals surface area contributed by atoms with Crippen LogP contribution in [-0.2, 0) is 5.41 Å². The van der Waals surface area contributed by atoms with Gasteiger partial charge in [0, 0.05) is 23.9 Å². The SMILES string of the molecule is CCCNC(c1cncc(C)c1)C(C)(C)c1ccccc1. The number of nitrogens with one attached hydrogen (secondary N) is 1. The fourth-order valence-corrected chi connectivity index (χ4v) is 2.85.